The average Bonchev–Trinajstić information content (AvgIpc) is 2.83. The highest BCUT2D eigenvalue weighted by Gasteiger charge is 2.18. The Hall–Kier alpha value is -3.36. The first kappa shape index (κ1) is 23.8. The molecule has 0 spiro atoms. The molecule has 0 bridgehead atoms. The molecule has 3 aromatic rings. The van der Waals surface area contributed by atoms with Crippen LogP contribution in [0.2, 0.25) is 0 Å². The molecule has 0 atom stereocenters. The first-order chi connectivity index (χ1) is 16.4. The Morgan fingerprint density at radius 3 is 1.85 bits per heavy atom. The molecule has 0 nitrogen and oxygen atoms in total. The highest BCUT2D eigenvalue weighted by molar-refractivity contribution is 5.50. The Morgan fingerprint density at radius 2 is 1.26 bits per heavy atom. The second-order valence-corrected chi connectivity index (χ2v) is 9.62. The molecule has 0 heterocycles. The van der Waals surface area contributed by atoms with E-state index in [0.29, 0.717) is 5.56 Å². The molecule has 0 amide bonds. The molecule has 0 unspecified atom stereocenters. The van der Waals surface area contributed by atoms with Crippen molar-refractivity contribution >= 4 is 0 Å². The zero-order valence-electron chi connectivity index (χ0n) is 20.1. The van der Waals surface area contributed by atoms with Crippen molar-refractivity contribution in [3.8, 4) is 23.7 Å². The van der Waals surface area contributed by atoms with Gasteiger partial charge in [-0.3, -0.25) is 0 Å². The Labute approximate surface area is 202 Å². The van der Waals surface area contributed by atoms with Crippen molar-refractivity contribution in [2.75, 3.05) is 0 Å². The fraction of sp³-hybridized carbons (Fsp3) is 0.312. The van der Waals surface area contributed by atoms with Gasteiger partial charge >= 0.3 is 0 Å². The third kappa shape index (κ3) is 6.15. The lowest BCUT2D eigenvalue weighted by molar-refractivity contribution is 0.289. The Balaban J connectivity index is 1.41. The third-order valence-electron chi connectivity index (χ3n) is 6.81. The topological polar surface area (TPSA) is 0 Å². The van der Waals surface area contributed by atoms with Gasteiger partial charge < -0.3 is 0 Å². The summed E-state index contributed by atoms with van der Waals surface area (Å²) in [7, 11) is 0. The number of aryl methyl sites for hydroxylation is 1. The summed E-state index contributed by atoms with van der Waals surface area (Å²) in [6, 6.07) is 16.8. The molecule has 1 aliphatic carbocycles. The van der Waals surface area contributed by atoms with Crippen LogP contribution in [0.5, 0.6) is 0 Å². The van der Waals surface area contributed by atoms with Crippen molar-refractivity contribution in [1.82, 2.24) is 0 Å². The van der Waals surface area contributed by atoms with Gasteiger partial charge in [0, 0.05) is 27.8 Å². The van der Waals surface area contributed by atoms with Crippen LogP contribution >= 0.6 is 0 Å². The minimum atomic E-state index is -0.582. The second kappa shape index (κ2) is 10.7. The van der Waals surface area contributed by atoms with Crippen LogP contribution in [0.1, 0.15) is 71.6 Å². The zero-order chi connectivity index (χ0) is 24.1. The first-order valence-electron chi connectivity index (χ1n) is 12.1. The summed E-state index contributed by atoms with van der Waals surface area (Å²) >= 11 is 0. The lowest BCUT2D eigenvalue weighted by Gasteiger charge is -2.26. The molecule has 0 N–H and O–H groups in total. The molecule has 0 saturated heterocycles. The third-order valence-corrected chi connectivity index (χ3v) is 6.81. The van der Waals surface area contributed by atoms with Gasteiger partial charge in [-0.2, -0.15) is 0 Å². The van der Waals surface area contributed by atoms with Crippen LogP contribution in [0.25, 0.3) is 0 Å². The van der Waals surface area contributed by atoms with Gasteiger partial charge in [-0.05, 0) is 98.5 Å². The SMILES string of the molecule is Cc1cc(CC2CCC(C)CC2)ccc1C#Cc1ccc(C#Cc2cc(F)c(C)c(F)c2)cc1. The van der Waals surface area contributed by atoms with E-state index in [1.807, 2.05) is 24.3 Å². The van der Waals surface area contributed by atoms with Crippen LogP contribution < -0.4 is 0 Å². The summed E-state index contributed by atoms with van der Waals surface area (Å²) in [6.07, 6.45) is 6.59. The summed E-state index contributed by atoms with van der Waals surface area (Å²) in [5, 5.41) is 0. The van der Waals surface area contributed by atoms with Crippen molar-refractivity contribution < 1.29 is 8.78 Å². The van der Waals surface area contributed by atoms with Gasteiger partial charge in [-0.15, -0.1) is 0 Å². The Kier molecular flexibility index (Phi) is 7.49. The van der Waals surface area contributed by atoms with E-state index in [0.717, 1.165) is 28.5 Å². The zero-order valence-corrected chi connectivity index (χ0v) is 20.1. The quantitative estimate of drug-likeness (QED) is 0.349. The number of hydrogen-bond donors (Lipinski definition) is 0. The maximum Gasteiger partial charge on any atom is 0.130 e. The largest absolute Gasteiger partial charge is 0.207 e. The molecule has 3 aromatic carbocycles. The monoisotopic (exact) mass is 452 g/mol. The van der Waals surface area contributed by atoms with Gasteiger partial charge in [0.05, 0.1) is 0 Å². The van der Waals surface area contributed by atoms with E-state index in [4.69, 9.17) is 0 Å². The summed E-state index contributed by atoms with van der Waals surface area (Å²) in [6.45, 7) is 5.91. The molecule has 0 aliphatic heterocycles. The molecule has 0 radical (unpaired) electrons. The highest BCUT2D eigenvalue weighted by Crippen LogP contribution is 2.31. The van der Waals surface area contributed by atoms with Crippen LogP contribution in [0.3, 0.4) is 0 Å². The molecule has 1 saturated carbocycles. The summed E-state index contributed by atoms with van der Waals surface area (Å²) in [5.41, 5.74) is 5.68. The van der Waals surface area contributed by atoms with Crippen LogP contribution in [0, 0.1) is 61.0 Å². The number of halogens is 2. The predicted molar refractivity (Wildman–Crippen MR) is 136 cm³/mol. The molecular formula is C32H30F2. The number of hydrogen-bond acceptors (Lipinski definition) is 0. The lowest BCUT2D eigenvalue weighted by Crippen LogP contribution is -2.14. The molecule has 34 heavy (non-hydrogen) atoms. The molecule has 1 aliphatic rings. The van der Waals surface area contributed by atoms with Gasteiger partial charge in [0.25, 0.3) is 0 Å². The van der Waals surface area contributed by atoms with Gasteiger partial charge in [-0.1, -0.05) is 55.6 Å². The van der Waals surface area contributed by atoms with Crippen molar-refractivity contribution in [3.05, 3.63) is 105 Å². The standard InChI is InChI=1S/C32H30F2/c1-22-4-6-27(7-5-22)19-28-15-17-30(23(2)18-28)16-14-26-10-8-25(9-11-26)12-13-29-20-31(33)24(3)32(34)21-29/h8-11,15,17-18,20-22,27H,4-7,19H2,1-3H3. The Bertz CT molecular complexity index is 1260. The fourth-order valence-electron chi connectivity index (χ4n) is 4.50. The van der Waals surface area contributed by atoms with Crippen molar-refractivity contribution in [2.45, 2.75) is 52.9 Å². The molecule has 4 rings (SSSR count). The summed E-state index contributed by atoms with van der Waals surface area (Å²) < 4.78 is 27.4. The van der Waals surface area contributed by atoms with E-state index < -0.39 is 11.6 Å². The molecule has 2 heteroatoms. The van der Waals surface area contributed by atoms with E-state index in [9.17, 15) is 8.78 Å². The first-order valence-corrected chi connectivity index (χ1v) is 12.1. The van der Waals surface area contributed by atoms with Crippen LogP contribution in [0.15, 0.2) is 54.6 Å². The predicted octanol–water partition coefficient (Wildman–Crippen LogP) is 7.75. The maximum atomic E-state index is 13.7. The summed E-state index contributed by atoms with van der Waals surface area (Å²) in [5.74, 6) is 12.8. The van der Waals surface area contributed by atoms with Crippen molar-refractivity contribution in [1.29, 1.82) is 0 Å². The minimum absolute atomic E-state index is 0.0113. The van der Waals surface area contributed by atoms with E-state index >= 15 is 0 Å². The van der Waals surface area contributed by atoms with Crippen molar-refractivity contribution in [3.63, 3.8) is 0 Å². The average molecular weight is 453 g/mol. The molecule has 0 aromatic heterocycles. The van der Waals surface area contributed by atoms with Crippen LogP contribution in [-0.4, -0.2) is 0 Å². The normalized spacial score (nSPS) is 17.3. The van der Waals surface area contributed by atoms with Gasteiger partial charge in [0.2, 0.25) is 0 Å². The summed E-state index contributed by atoms with van der Waals surface area (Å²) in [4.78, 5) is 0. The van der Waals surface area contributed by atoms with Crippen molar-refractivity contribution in [2.24, 2.45) is 11.8 Å². The maximum absolute atomic E-state index is 13.7. The minimum Gasteiger partial charge on any atom is -0.207 e. The van der Waals surface area contributed by atoms with Gasteiger partial charge in [-0.25, -0.2) is 8.78 Å². The van der Waals surface area contributed by atoms with E-state index in [1.54, 1.807) is 0 Å². The van der Waals surface area contributed by atoms with Gasteiger partial charge in [0.15, 0.2) is 0 Å². The van der Waals surface area contributed by atoms with Gasteiger partial charge in [0.1, 0.15) is 11.6 Å². The highest BCUT2D eigenvalue weighted by atomic mass is 19.1. The molecule has 1 fully saturated rings. The smallest absolute Gasteiger partial charge is 0.130 e. The molecular weight excluding hydrogens is 422 g/mol. The number of benzene rings is 3. The Morgan fingerprint density at radius 1 is 0.706 bits per heavy atom. The lowest BCUT2D eigenvalue weighted by atomic mass is 9.80. The van der Waals surface area contributed by atoms with E-state index in [1.165, 1.54) is 62.3 Å². The van der Waals surface area contributed by atoms with Crippen LogP contribution in [-0.2, 0) is 6.42 Å². The van der Waals surface area contributed by atoms with E-state index in [-0.39, 0.29) is 5.56 Å². The fourth-order valence-corrected chi connectivity index (χ4v) is 4.50. The molecule has 172 valence electrons. The second-order valence-electron chi connectivity index (χ2n) is 9.62. The van der Waals surface area contributed by atoms with E-state index in [2.05, 4.69) is 55.7 Å². The van der Waals surface area contributed by atoms with Crippen LogP contribution in [0.4, 0.5) is 8.78 Å². The number of rotatable bonds is 2.